The van der Waals surface area contributed by atoms with Crippen LogP contribution in [0.1, 0.15) is 45.4 Å². The third-order valence-corrected chi connectivity index (χ3v) is 4.02. The van der Waals surface area contributed by atoms with Gasteiger partial charge in [-0.25, -0.2) is 0 Å². The van der Waals surface area contributed by atoms with Crippen molar-refractivity contribution in [2.45, 2.75) is 51.6 Å². The van der Waals surface area contributed by atoms with Crippen LogP contribution < -0.4 is 5.32 Å². The van der Waals surface area contributed by atoms with E-state index in [1.807, 2.05) is 11.8 Å². The maximum atomic E-state index is 5.84. The largest absolute Gasteiger partial charge is 0.377 e. The summed E-state index contributed by atoms with van der Waals surface area (Å²) in [6, 6.07) is 0. The van der Waals surface area contributed by atoms with Crippen molar-refractivity contribution in [2.24, 2.45) is 0 Å². The molecule has 1 rings (SSSR count). The van der Waals surface area contributed by atoms with Crippen molar-refractivity contribution < 1.29 is 4.74 Å². The summed E-state index contributed by atoms with van der Waals surface area (Å²) < 4.78 is 5.84. The van der Waals surface area contributed by atoms with Crippen LogP contribution in [0.25, 0.3) is 0 Å². The summed E-state index contributed by atoms with van der Waals surface area (Å²) in [4.78, 5) is 0. The van der Waals surface area contributed by atoms with Crippen LogP contribution in [-0.4, -0.2) is 37.3 Å². The van der Waals surface area contributed by atoms with Crippen LogP contribution in [0.5, 0.6) is 0 Å². The Morgan fingerprint density at radius 3 is 2.75 bits per heavy atom. The van der Waals surface area contributed by atoms with Gasteiger partial charge in [-0.1, -0.05) is 26.2 Å². The summed E-state index contributed by atoms with van der Waals surface area (Å²) in [5.74, 6) is 2.53. The predicted molar refractivity (Wildman–Crippen MR) is 73.3 cm³/mol. The van der Waals surface area contributed by atoms with E-state index in [0.717, 1.165) is 19.7 Å². The van der Waals surface area contributed by atoms with Crippen molar-refractivity contribution in [3.8, 4) is 0 Å². The number of hydrogen-bond donors (Lipinski definition) is 1. The van der Waals surface area contributed by atoms with Crippen molar-refractivity contribution in [1.82, 2.24) is 5.32 Å². The molecular formula is C13H27NOS. The average Bonchev–Trinajstić information content (AvgIpc) is 2.34. The molecule has 3 heteroatoms. The molecule has 0 amide bonds. The van der Waals surface area contributed by atoms with Crippen molar-refractivity contribution >= 4 is 11.8 Å². The number of rotatable bonds is 9. The molecule has 0 unspecified atom stereocenters. The molecule has 16 heavy (non-hydrogen) atoms. The van der Waals surface area contributed by atoms with E-state index in [1.54, 1.807) is 0 Å². The molecule has 2 nitrogen and oxygen atoms in total. The second-order valence-electron chi connectivity index (χ2n) is 4.43. The van der Waals surface area contributed by atoms with Crippen molar-refractivity contribution in [3.63, 3.8) is 0 Å². The highest BCUT2D eigenvalue weighted by Gasteiger charge is 2.12. The van der Waals surface area contributed by atoms with E-state index in [0.29, 0.717) is 6.10 Å². The van der Waals surface area contributed by atoms with Crippen LogP contribution in [0, 0.1) is 0 Å². The Morgan fingerprint density at radius 2 is 2.00 bits per heavy atom. The zero-order valence-corrected chi connectivity index (χ0v) is 11.5. The average molecular weight is 245 g/mol. The monoisotopic (exact) mass is 245 g/mol. The smallest absolute Gasteiger partial charge is 0.0594 e. The first-order chi connectivity index (χ1) is 7.93. The Labute approximate surface area is 105 Å². The van der Waals surface area contributed by atoms with Crippen LogP contribution in [0.15, 0.2) is 0 Å². The molecule has 0 radical (unpaired) electrons. The first kappa shape index (κ1) is 14.3. The molecule has 0 aromatic rings. The van der Waals surface area contributed by atoms with Gasteiger partial charge < -0.3 is 10.1 Å². The Hall–Kier alpha value is 0.270. The molecule has 1 N–H and O–H groups in total. The summed E-state index contributed by atoms with van der Waals surface area (Å²) in [6.45, 7) is 5.27. The van der Waals surface area contributed by atoms with E-state index in [1.165, 1.54) is 50.0 Å². The number of thioether (sulfide) groups is 1. The van der Waals surface area contributed by atoms with E-state index in [2.05, 4.69) is 12.2 Å². The molecule has 0 heterocycles. The van der Waals surface area contributed by atoms with Crippen molar-refractivity contribution in [2.75, 3.05) is 31.2 Å². The zero-order chi connectivity index (χ0) is 11.5. The molecule has 1 aliphatic rings. The molecule has 1 fully saturated rings. The van der Waals surface area contributed by atoms with Gasteiger partial charge in [-0.3, -0.25) is 0 Å². The zero-order valence-electron chi connectivity index (χ0n) is 10.7. The van der Waals surface area contributed by atoms with Gasteiger partial charge in [0.1, 0.15) is 0 Å². The van der Waals surface area contributed by atoms with E-state index in [9.17, 15) is 0 Å². The fourth-order valence-corrected chi connectivity index (χ4v) is 2.74. The van der Waals surface area contributed by atoms with Gasteiger partial charge in [0.25, 0.3) is 0 Å². The lowest BCUT2D eigenvalue weighted by atomic mass is 9.98. The standard InChI is InChI=1S/C13H27NOS/c1-2-16-12-6-9-14-10-11-15-13-7-4-3-5-8-13/h13-14H,2-12H2,1H3. The Bertz CT molecular complexity index is 149. The van der Waals surface area contributed by atoms with Crippen molar-refractivity contribution in [1.29, 1.82) is 0 Å². The lowest BCUT2D eigenvalue weighted by Crippen LogP contribution is -2.25. The van der Waals surface area contributed by atoms with Crippen LogP contribution in [-0.2, 0) is 4.74 Å². The molecular weight excluding hydrogens is 218 g/mol. The normalized spacial score (nSPS) is 17.8. The van der Waals surface area contributed by atoms with Gasteiger partial charge in [-0.2, -0.15) is 11.8 Å². The summed E-state index contributed by atoms with van der Waals surface area (Å²) in [7, 11) is 0. The van der Waals surface area contributed by atoms with Gasteiger partial charge in [0.05, 0.1) is 12.7 Å². The summed E-state index contributed by atoms with van der Waals surface area (Å²) in [5, 5.41) is 3.45. The molecule has 0 bridgehead atoms. The van der Waals surface area contributed by atoms with Crippen LogP contribution >= 0.6 is 11.8 Å². The molecule has 0 atom stereocenters. The Balaban J connectivity index is 1.77. The minimum atomic E-state index is 0.561. The van der Waals surface area contributed by atoms with Gasteiger partial charge in [0.2, 0.25) is 0 Å². The van der Waals surface area contributed by atoms with E-state index < -0.39 is 0 Å². The maximum absolute atomic E-state index is 5.84. The summed E-state index contributed by atoms with van der Waals surface area (Å²) >= 11 is 2.02. The predicted octanol–water partition coefficient (Wildman–Crippen LogP) is 3.07. The third kappa shape index (κ3) is 7.53. The first-order valence-electron chi connectivity index (χ1n) is 6.83. The maximum Gasteiger partial charge on any atom is 0.0594 e. The minimum absolute atomic E-state index is 0.561. The fraction of sp³-hybridized carbons (Fsp3) is 1.00. The molecule has 0 saturated heterocycles. The highest BCUT2D eigenvalue weighted by Crippen LogP contribution is 2.19. The van der Waals surface area contributed by atoms with Gasteiger partial charge in [-0.05, 0) is 37.3 Å². The number of nitrogens with one attached hydrogen (secondary N) is 1. The highest BCUT2D eigenvalue weighted by molar-refractivity contribution is 7.99. The van der Waals surface area contributed by atoms with E-state index in [-0.39, 0.29) is 0 Å². The first-order valence-corrected chi connectivity index (χ1v) is 7.99. The summed E-state index contributed by atoms with van der Waals surface area (Å²) in [5.41, 5.74) is 0. The van der Waals surface area contributed by atoms with Gasteiger partial charge >= 0.3 is 0 Å². The molecule has 1 saturated carbocycles. The fourth-order valence-electron chi connectivity index (χ4n) is 2.10. The van der Waals surface area contributed by atoms with Crippen LogP contribution in [0.3, 0.4) is 0 Å². The van der Waals surface area contributed by atoms with Gasteiger partial charge in [0.15, 0.2) is 0 Å². The molecule has 96 valence electrons. The quantitative estimate of drug-likeness (QED) is 0.631. The summed E-state index contributed by atoms with van der Waals surface area (Å²) in [6.07, 6.45) is 8.56. The van der Waals surface area contributed by atoms with Crippen LogP contribution in [0.2, 0.25) is 0 Å². The molecule has 0 aromatic heterocycles. The molecule has 0 aromatic carbocycles. The lowest BCUT2D eigenvalue weighted by molar-refractivity contribution is 0.0304. The second-order valence-corrected chi connectivity index (χ2v) is 5.83. The Morgan fingerprint density at radius 1 is 1.19 bits per heavy atom. The second kappa shape index (κ2) is 10.4. The minimum Gasteiger partial charge on any atom is -0.377 e. The van der Waals surface area contributed by atoms with E-state index in [4.69, 9.17) is 4.74 Å². The highest BCUT2D eigenvalue weighted by atomic mass is 32.2. The SMILES string of the molecule is CCSCCCNCCOC1CCCCC1. The molecule has 1 aliphatic carbocycles. The third-order valence-electron chi connectivity index (χ3n) is 3.03. The number of ether oxygens (including phenoxy) is 1. The topological polar surface area (TPSA) is 21.3 Å². The Kier molecular flexibility index (Phi) is 9.34. The van der Waals surface area contributed by atoms with Gasteiger partial charge in [0, 0.05) is 6.54 Å². The van der Waals surface area contributed by atoms with E-state index >= 15 is 0 Å². The lowest BCUT2D eigenvalue weighted by Gasteiger charge is -2.22. The molecule has 0 spiro atoms. The molecule has 0 aliphatic heterocycles. The van der Waals surface area contributed by atoms with Crippen molar-refractivity contribution in [3.05, 3.63) is 0 Å². The van der Waals surface area contributed by atoms with Gasteiger partial charge in [-0.15, -0.1) is 0 Å². The van der Waals surface area contributed by atoms with Crippen LogP contribution in [0.4, 0.5) is 0 Å². The number of hydrogen-bond acceptors (Lipinski definition) is 3.